The normalized spacial score (nSPS) is 15.8. The molecule has 1 N–H and O–H groups in total. The lowest BCUT2D eigenvalue weighted by Gasteiger charge is -2.20. The van der Waals surface area contributed by atoms with Crippen LogP contribution in [0.4, 0.5) is 0 Å². The third-order valence-corrected chi connectivity index (χ3v) is 4.15. The predicted octanol–water partition coefficient (Wildman–Crippen LogP) is 2.20. The second-order valence-corrected chi connectivity index (χ2v) is 6.38. The summed E-state index contributed by atoms with van der Waals surface area (Å²) in [4.78, 5) is 0. The van der Waals surface area contributed by atoms with Gasteiger partial charge >= 0.3 is 0 Å². The standard InChI is InChI=1S/C11H15ClO3S/c1-3-10(13)11(16(2,14)15)8-5-4-6-9(12)7-8/h4-7,10-11,13H,3H2,1-2H3. The molecule has 0 bridgehead atoms. The van der Waals surface area contributed by atoms with Crippen molar-refractivity contribution in [2.45, 2.75) is 24.7 Å². The molecule has 2 atom stereocenters. The Morgan fingerprint density at radius 3 is 2.50 bits per heavy atom. The first kappa shape index (κ1) is 13.5. The van der Waals surface area contributed by atoms with E-state index in [1.54, 1.807) is 31.2 Å². The number of benzene rings is 1. The highest BCUT2D eigenvalue weighted by atomic mass is 35.5. The van der Waals surface area contributed by atoms with Crippen molar-refractivity contribution in [3.8, 4) is 0 Å². The highest BCUT2D eigenvalue weighted by Gasteiger charge is 2.29. The summed E-state index contributed by atoms with van der Waals surface area (Å²) in [6.45, 7) is 1.74. The van der Waals surface area contributed by atoms with Crippen molar-refractivity contribution < 1.29 is 13.5 Å². The van der Waals surface area contributed by atoms with Gasteiger partial charge in [-0.15, -0.1) is 0 Å². The van der Waals surface area contributed by atoms with E-state index in [0.29, 0.717) is 17.0 Å². The first-order valence-corrected chi connectivity index (χ1v) is 7.32. The van der Waals surface area contributed by atoms with E-state index in [-0.39, 0.29) is 0 Å². The van der Waals surface area contributed by atoms with Gasteiger partial charge in [0.1, 0.15) is 5.25 Å². The zero-order valence-corrected chi connectivity index (χ0v) is 10.8. The summed E-state index contributed by atoms with van der Waals surface area (Å²) < 4.78 is 23.3. The Bertz CT molecular complexity index is 456. The average molecular weight is 263 g/mol. The van der Waals surface area contributed by atoms with Crippen molar-refractivity contribution >= 4 is 21.4 Å². The summed E-state index contributed by atoms with van der Waals surface area (Å²) in [5, 5.41) is 9.34. The van der Waals surface area contributed by atoms with Crippen LogP contribution >= 0.6 is 11.6 Å². The summed E-state index contributed by atoms with van der Waals surface area (Å²) >= 11 is 5.81. The maximum absolute atomic E-state index is 11.6. The fraction of sp³-hybridized carbons (Fsp3) is 0.455. The van der Waals surface area contributed by atoms with Crippen molar-refractivity contribution in [2.75, 3.05) is 6.26 Å². The molecule has 1 aromatic rings. The minimum absolute atomic E-state index is 0.379. The molecule has 3 nitrogen and oxygen atoms in total. The molecule has 1 rings (SSSR count). The van der Waals surface area contributed by atoms with Gasteiger partial charge < -0.3 is 5.11 Å². The number of hydrogen-bond donors (Lipinski definition) is 1. The van der Waals surface area contributed by atoms with Crippen molar-refractivity contribution in [1.29, 1.82) is 0 Å². The summed E-state index contributed by atoms with van der Waals surface area (Å²) in [7, 11) is -3.35. The third-order valence-electron chi connectivity index (χ3n) is 2.41. The second kappa shape index (κ2) is 5.17. The maximum Gasteiger partial charge on any atom is 0.157 e. The predicted molar refractivity (Wildman–Crippen MR) is 65.3 cm³/mol. The summed E-state index contributed by atoms with van der Waals surface area (Å²) in [5.74, 6) is 0. The largest absolute Gasteiger partial charge is 0.391 e. The molecule has 0 aliphatic carbocycles. The molecular formula is C11H15ClO3S. The highest BCUT2D eigenvalue weighted by Crippen LogP contribution is 2.28. The van der Waals surface area contributed by atoms with Crippen LogP contribution in [0.1, 0.15) is 24.2 Å². The zero-order valence-electron chi connectivity index (χ0n) is 9.22. The van der Waals surface area contributed by atoms with E-state index in [1.807, 2.05) is 0 Å². The van der Waals surface area contributed by atoms with Gasteiger partial charge in [-0.2, -0.15) is 0 Å². The van der Waals surface area contributed by atoms with Crippen molar-refractivity contribution in [2.24, 2.45) is 0 Å². The quantitative estimate of drug-likeness (QED) is 0.905. The van der Waals surface area contributed by atoms with Crippen LogP contribution in [0.15, 0.2) is 24.3 Å². The first-order chi connectivity index (χ1) is 7.36. The molecule has 16 heavy (non-hydrogen) atoms. The smallest absolute Gasteiger partial charge is 0.157 e. The molecule has 0 spiro atoms. The van der Waals surface area contributed by atoms with E-state index in [9.17, 15) is 13.5 Å². The van der Waals surface area contributed by atoms with Gasteiger partial charge in [-0.3, -0.25) is 0 Å². The first-order valence-electron chi connectivity index (χ1n) is 4.98. The topological polar surface area (TPSA) is 54.4 Å². The molecule has 0 aliphatic rings. The fourth-order valence-electron chi connectivity index (χ4n) is 1.65. The van der Waals surface area contributed by atoms with Gasteiger partial charge in [0.15, 0.2) is 9.84 Å². The van der Waals surface area contributed by atoms with Crippen LogP contribution in [0.2, 0.25) is 5.02 Å². The number of hydrogen-bond acceptors (Lipinski definition) is 3. The molecule has 0 saturated heterocycles. The summed E-state index contributed by atoms with van der Waals surface area (Å²) in [5.41, 5.74) is 0.532. The molecule has 2 unspecified atom stereocenters. The van der Waals surface area contributed by atoms with E-state index in [1.165, 1.54) is 0 Å². The maximum atomic E-state index is 11.6. The van der Waals surface area contributed by atoms with Gasteiger partial charge in [0.25, 0.3) is 0 Å². The zero-order chi connectivity index (χ0) is 12.3. The third kappa shape index (κ3) is 3.20. The Kier molecular flexibility index (Phi) is 4.35. The molecule has 1 aromatic carbocycles. The van der Waals surface area contributed by atoms with Crippen LogP contribution in [-0.2, 0) is 9.84 Å². The van der Waals surface area contributed by atoms with Gasteiger partial charge in [-0.1, -0.05) is 30.7 Å². The van der Waals surface area contributed by atoms with E-state index in [4.69, 9.17) is 11.6 Å². The minimum atomic E-state index is -3.35. The lowest BCUT2D eigenvalue weighted by atomic mass is 10.1. The molecule has 0 amide bonds. The lowest BCUT2D eigenvalue weighted by molar-refractivity contribution is 0.164. The van der Waals surface area contributed by atoms with Crippen LogP contribution < -0.4 is 0 Å². The van der Waals surface area contributed by atoms with E-state index >= 15 is 0 Å². The number of halogens is 1. The van der Waals surface area contributed by atoms with E-state index in [0.717, 1.165) is 6.26 Å². The second-order valence-electron chi connectivity index (χ2n) is 3.78. The Labute approximate surface area is 101 Å². The van der Waals surface area contributed by atoms with E-state index < -0.39 is 21.2 Å². The van der Waals surface area contributed by atoms with Crippen molar-refractivity contribution in [1.82, 2.24) is 0 Å². The highest BCUT2D eigenvalue weighted by molar-refractivity contribution is 7.91. The number of rotatable bonds is 4. The molecule has 90 valence electrons. The molecule has 0 fully saturated rings. The fourth-order valence-corrected chi connectivity index (χ4v) is 3.26. The molecule has 0 saturated carbocycles. The van der Waals surface area contributed by atoms with Crippen LogP contribution in [0.25, 0.3) is 0 Å². The Morgan fingerprint density at radius 2 is 2.06 bits per heavy atom. The van der Waals surface area contributed by atoms with E-state index in [2.05, 4.69) is 0 Å². The van der Waals surface area contributed by atoms with Crippen LogP contribution in [0, 0.1) is 0 Å². The minimum Gasteiger partial charge on any atom is -0.391 e. The average Bonchev–Trinajstić information content (AvgIpc) is 2.15. The summed E-state index contributed by atoms with van der Waals surface area (Å²) in [6.07, 6.45) is 0.593. The van der Waals surface area contributed by atoms with Gasteiger partial charge in [0.05, 0.1) is 6.10 Å². The molecule has 0 heterocycles. The summed E-state index contributed by atoms with van der Waals surface area (Å²) in [6, 6.07) is 6.59. The van der Waals surface area contributed by atoms with Crippen LogP contribution in [-0.4, -0.2) is 25.9 Å². The molecule has 0 radical (unpaired) electrons. The van der Waals surface area contributed by atoms with Crippen molar-refractivity contribution in [3.05, 3.63) is 34.9 Å². The van der Waals surface area contributed by atoms with Gasteiger partial charge in [0.2, 0.25) is 0 Å². The monoisotopic (exact) mass is 262 g/mol. The lowest BCUT2D eigenvalue weighted by Crippen LogP contribution is -2.25. The van der Waals surface area contributed by atoms with Crippen LogP contribution in [0.5, 0.6) is 0 Å². The van der Waals surface area contributed by atoms with Crippen LogP contribution in [0.3, 0.4) is 0 Å². The molecule has 5 heteroatoms. The van der Waals surface area contributed by atoms with Gasteiger partial charge in [-0.05, 0) is 24.1 Å². The number of aliphatic hydroxyl groups excluding tert-OH is 1. The number of sulfone groups is 1. The Hall–Kier alpha value is -0.580. The Morgan fingerprint density at radius 1 is 1.44 bits per heavy atom. The SMILES string of the molecule is CCC(O)C(c1cccc(Cl)c1)S(C)(=O)=O. The van der Waals surface area contributed by atoms with Gasteiger partial charge in [-0.25, -0.2) is 8.42 Å². The molecule has 0 aromatic heterocycles. The number of aliphatic hydroxyl groups is 1. The molecular weight excluding hydrogens is 248 g/mol. The van der Waals surface area contributed by atoms with Crippen molar-refractivity contribution in [3.63, 3.8) is 0 Å². The Balaban J connectivity index is 3.22. The molecule has 0 aliphatic heterocycles. The van der Waals surface area contributed by atoms with Gasteiger partial charge in [0, 0.05) is 11.3 Å².